The Bertz CT molecular complexity index is 915. The second kappa shape index (κ2) is 7.01. The van der Waals surface area contributed by atoms with Gasteiger partial charge in [0.25, 0.3) is 5.56 Å². The summed E-state index contributed by atoms with van der Waals surface area (Å²) in [6.45, 7) is 5.74. The molecule has 2 heterocycles. The predicted octanol–water partition coefficient (Wildman–Crippen LogP) is 3.99. The molecule has 0 aliphatic rings. The largest absolute Gasteiger partial charge is 0.342 e. The molecule has 0 N–H and O–H groups in total. The summed E-state index contributed by atoms with van der Waals surface area (Å²) in [5.41, 5.74) is 1.30. The van der Waals surface area contributed by atoms with Crippen molar-refractivity contribution in [3.8, 4) is 11.4 Å². The minimum absolute atomic E-state index is 0.207. The fraction of sp³-hybridized carbons (Fsp3) is 0.294. The Kier molecular flexibility index (Phi) is 4.96. The molecule has 0 unspecified atom stereocenters. The Labute approximate surface area is 154 Å². The van der Waals surface area contributed by atoms with Crippen LogP contribution in [0.15, 0.2) is 51.1 Å². The van der Waals surface area contributed by atoms with Gasteiger partial charge in [0, 0.05) is 11.3 Å². The molecule has 0 amide bonds. The molecule has 8 heteroatoms. The molecule has 1 aromatic carbocycles. The first kappa shape index (κ1) is 17.7. The Morgan fingerprint density at radius 1 is 1.24 bits per heavy atom. The molecule has 0 atom stereocenters. The quantitative estimate of drug-likeness (QED) is 0.641. The summed E-state index contributed by atoms with van der Waals surface area (Å²) in [5, 5.41) is 8.25. The van der Waals surface area contributed by atoms with Crippen molar-refractivity contribution in [3.63, 3.8) is 0 Å². The van der Waals surface area contributed by atoms with E-state index in [2.05, 4.69) is 15.2 Å². The van der Waals surface area contributed by atoms with E-state index in [1.807, 2.05) is 45.0 Å². The zero-order valence-corrected chi connectivity index (χ0v) is 15.6. The molecule has 0 spiro atoms. The van der Waals surface area contributed by atoms with Crippen LogP contribution in [0.3, 0.4) is 0 Å². The van der Waals surface area contributed by atoms with E-state index in [1.54, 1.807) is 6.20 Å². The van der Waals surface area contributed by atoms with Gasteiger partial charge in [0.05, 0.1) is 16.6 Å². The van der Waals surface area contributed by atoms with Crippen molar-refractivity contribution in [2.45, 2.75) is 37.0 Å². The molecule has 0 aliphatic heterocycles. The Morgan fingerprint density at radius 2 is 1.96 bits per heavy atom. The lowest BCUT2D eigenvalue weighted by Crippen LogP contribution is -2.36. The van der Waals surface area contributed by atoms with Gasteiger partial charge in [-0.25, -0.2) is 4.68 Å². The highest BCUT2D eigenvalue weighted by molar-refractivity contribution is 7.98. The first-order chi connectivity index (χ1) is 11.9. The Balaban J connectivity index is 1.74. The second-order valence-electron chi connectivity index (χ2n) is 6.45. The van der Waals surface area contributed by atoms with E-state index in [0.717, 1.165) is 11.1 Å². The van der Waals surface area contributed by atoms with Crippen LogP contribution < -0.4 is 5.56 Å². The Hall–Kier alpha value is -2.12. The lowest BCUT2D eigenvalue weighted by atomic mass is 10.1. The number of hydrogen-bond donors (Lipinski definition) is 0. The SMILES string of the molecule is CC(C)(C)n1ncc(SCc2ccc(-c3ncon3)cc2)c(Cl)c1=O. The monoisotopic (exact) mass is 376 g/mol. The molecule has 130 valence electrons. The molecule has 3 aromatic rings. The van der Waals surface area contributed by atoms with Gasteiger partial charge in [-0.05, 0) is 26.3 Å². The Morgan fingerprint density at radius 3 is 2.56 bits per heavy atom. The maximum atomic E-state index is 12.4. The van der Waals surface area contributed by atoms with Gasteiger partial charge < -0.3 is 4.52 Å². The highest BCUT2D eigenvalue weighted by Gasteiger charge is 2.19. The van der Waals surface area contributed by atoms with Crippen molar-refractivity contribution in [2.75, 3.05) is 0 Å². The fourth-order valence-electron chi connectivity index (χ4n) is 2.21. The van der Waals surface area contributed by atoms with E-state index in [1.165, 1.54) is 22.8 Å². The zero-order chi connectivity index (χ0) is 18.0. The molecule has 0 saturated heterocycles. The average Bonchev–Trinajstić information content (AvgIpc) is 3.10. The minimum Gasteiger partial charge on any atom is -0.342 e. The highest BCUT2D eigenvalue weighted by atomic mass is 35.5. The van der Waals surface area contributed by atoms with Gasteiger partial charge >= 0.3 is 0 Å². The van der Waals surface area contributed by atoms with Crippen molar-refractivity contribution in [1.82, 2.24) is 19.9 Å². The third-order valence-corrected chi connectivity index (χ3v) is 5.07. The van der Waals surface area contributed by atoms with Crippen LogP contribution in [0.1, 0.15) is 26.3 Å². The van der Waals surface area contributed by atoms with Gasteiger partial charge in [-0.1, -0.05) is 41.0 Å². The topological polar surface area (TPSA) is 73.8 Å². The molecule has 0 aliphatic carbocycles. The van der Waals surface area contributed by atoms with Crippen LogP contribution in [0.2, 0.25) is 5.02 Å². The lowest BCUT2D eigenvalue weighted by Gasteiger charge is -2.21. The van der Waals surface area contributed by atoms with Crippen molar-refractivity contribution >= 4 is 23.4 Å². The average molecular weight is 377 g/mol. The normalized spacial score (nSPS) is 11.7. The van der Waals surface area contributed by atoms with Gasteiger partial charge in [-0.3, -0.25) is 4.79 Å². The molecule has 25 heavy (non-hydrogen) atoms. The van der Waals surface area contributed by atoms with Crippen LogP contribution in [0, 0.1) is 0 Å². The lowest BCUT2D eigenvalue weighted by molar-refractivity contribution is 0.336. The summed E-state index contributed by atoms with van der Waals surface area (Å²) in [6, 6.07) is 7.82. The fourth-order valence-corrected chi connectivity index (χ4v) is 3.35. The third kappa shape index (κ3) is 3.93. The van der Waals surface area contributed by atoms with E-state index in [9.17, 15) is 4.79 Å². The number of aromatic nitrogens is 4. The van der Waals surface area contributed by atoms with Crippen molar-refractivity contribution < 1.29 is 4.52 Å². The van der Waals surface area contributed by atoms with Gasteiger partial charge in [-0.2, -0.15) is 10.1 Å². The number of nitrogens with zero attached hydrogens (tertiary/aromatic N) is 4. The molecular formula is C17H17ClN4O2S. The molecule has 0 bridgehead atoms. The van der Waals surface area contributed by atoms with Crippen LogP contribution in [-0.4, -0.2) is 19.9 Å². The summed E-state index contributed by atoms with van der Waals surface area (Å²) in [5.74, 6) is 1.23. The first-order valence-electron chi connectivity index (χ1n) is 7.63. The minimum atomic E-state index is -0.408. The van der Waals surface area contributed by atoms with Crippen LogP contribution in [-0.2, 0) is 11.3 Å². The number of thioether (sulfide) groups is 1. The maximum absolute atomic E-state index is 12.4. The molecule has 0 fully saturated rings. The van der Waals surface area contributed by atoms with Crippen molar-refractivity contribution in [3.05, 3.63) is 57.8 Å². The number of rotatable bonds is 4. The van der Waals surface area contributed by atoms with Gasteiger partial charge in [0.2, 0.25) is 12.2 Å². The third-order valence-electron chi connectivity index (χ3n) is 3.49. The van der Waals surface area contributed by atoms with E-state index in [0.29, 0.717) is 16.5 Å². The first-order valence-corrected chi connectivity index (χ1v) is 8.99. The summed E-state index contributed by atoms with van der Waals surface area (Å²) >= 11 is 7.72. The van der Waals surface area contributed by atoms with E-state index < -0.39 is 5.54 Å². The van der Waals surface area contributed by atoms with E-state index in [-0.39, 0.29) is 10.6 Å². The second-order valence-corrected chi connectivity index (χ2v) is 7.85. The highest BCUT2D eigenvalue weighted by Crippen LogP contribution is 2.28. The van der Waals surface area contributed by atoms with Gasteiger partial charge in [-0.15, -0.1) is 11.8 Å². The van der Waals surface area contributed by atoms with Crippen LogP contribution in [0.4, 0.5) is 0 Å². The van der Waals surface area contributed by atoms with E-state index >= 15 is 0 Å². The summed E-state index contributed by atoms with van der Waals surface area (Å²) in [4.78, 5) is 17.0. The molecule has 2 aromatic heterocycles. The van der Waals surface area contributed by atoms with Crippen LogP contribution in [0.25, 0.3) is 11.4 Å². The van der Waals surface area contributed by atoms with Crippen molar-refractivity contribution in [2.24, 2.45) is 0 Å². The summed E-state index contributed by atoms with van der Waals surface area (Å²) in [7, 11) is 0. The molecular weight excluding hydrogens is 360 g/mol. The number of halogens is 1. The predicted molar refractivity (Wildman–Crippen MR) is 97.8 cm³/mol. The smallest absolute Gasteiger partial charge is 0.287 e. The molecule has 0 radical (unpaired) electrons. The maximum Gasteiger partial charge on any atom is 0.287 e. The summed E-state index contributed by atoms with van der Waals surface area (Å²) in [6.07, 6.45) is 2.95. The molecule has 6 nitrogen and oxygen atoms in total. The van der Waals surface area contributed by atoms with Crippen LogP contribution in [0.5, 0.6) is 0 Å². The molecule has 3 rings (SSSR count). The zero-order valence-electron chi connectivity index (χ0n) is 14.1. The van der Waals surface area contributed by atoms with Crippen molar-refractivity contribution in [1.29, 1.82) is 0 Å². The van der Waals surface area contributed by atoms with Gasteiger partial charge in [0.1, 0.15) is 5.02 Å². The number of benzene rings is 1. The van der Waals surface area contributed by atoms with E-state index in [4.69, 9.17) is 16.1 Å². The molecule has 0 saturated carbocycles. The standard InChI is InChI=1S/C17H17ClN4O2S/c1-17(2,3)22-16(23)14(18)13(8-20-22)25-9-11-4-6-12(7-5-11)15-19-10-24-21-15/h4-8,10H,9H2,1-3H3. The number of hydrogen-bond acceptors (Lipinski definition) is 6. The van der Waals surface area contributed by atoms with Gasteiger partial charge in [0.15, 0.2) is 0 Å². The summed E-state index contributed by atoms with van der Waals surface area (Å²) < 4.78 is 6.15. The van der Waals surface area contributed by atoms with Crippen LogP contribution >= 0.6 is 23.4 Å².